The number of nitrogens with one attached hydrogen (secondary N) is 1. The molecule has 6 nitrogen and oxygen atoms in total. The first-order valence-corrected chi connectivity index (χ1v) is 8.94. The zero-order valence-electron chi connectivity index (χ0n) is 15.3. The molecule has 27 heavy (non-hydrogen) atoms. The average molecular weight is 362 g/mol. The van der Waals surface area contributed by atoms with Crippen LogP contribution in [-0.2, 0) is 4.79 Å². The Morgan fingerprint density at radius 1 is 1.00 bits per heavy atom. The van der Waals surface area contributed by atoms with Crippen LogP contribution in [0.3, 0.4) is 0 Å². The van der Waals surface area contributed by atoms with Gasteiger partial charge in [-0.15, -0.1) is 0 Å². The highest BCUT2D eigenvalue weighted by Gasteiger charge is 2.25. The molecule has 0 aliphatic carbocycles. The molecule has 3 rings (SSSR count). The number of carbonyl (C=O) groups excluding carboxylic acids is 2. The fourth-order valence-corrected chi connectivity index (χ4v) is 3.28. The van der Waals surface area contributed by atoms with Crippen LogP contribution < -0.4 is 5.32 Å². The van der Waals surface area contributed by atoms with Crippen molar-refractivity contribution in [2.24, 2.45) is 0 Å². The molecular formula is C21H22N4O2. The summed E-state index contributed by atoms with van der Waals surface area (Å²) in [5.74, 6) is -0.0637. The molecule has 1 heterocycles. The summed E-state index contributed by atoms with van der Waals surface area (Å²) < 4.78 is 0. The predicted molar refractivity (Wildman–Crippen MR) is 103 cm³/mol. The minimum Gasteiger partial charge on any atom is -0.358 e. The molecule has 2 aromatic rings. The molecule has 0 atom stereocenters. The molecule has 1 fully saturated rings. The second-order valence-electron chi connectivity index (χ2n) is 6.44. The maximum Gasteiger partial charge on any atom is 0.254 e. The first kappa shape index (κ1) is 18.6. The summed E-state index contributed by atoms with van der Waals surface area (Å²) in [5, 5.41) is 12.0. The third-order valence-electron chi connectivity index (χ3n) is 4.80. The third-order valence-corrected chi connectivity index (χ3v) is 4.80. The van der Waals surface area contributed by atoms with Gasteiger partial charge < -0.3 is 10.2 Å². The van der Waals surface area contributed by atoms with Crippen LogP contribution in [0, 0.1) is 11.3 Å². The van der Waals surface area contributed by atoms with E-state index in [1.807, 2.05) is 52.3 Å². The predicted octanol–water partition coefficient (Wildman–Crippen LogP) is 1.73. The van der Waals surface area contributed by atoms with Crippen molar-refractivity contribution in [1.82, 2.24) is 15.1 Å². The van der Waals surface area contributed by atoms with Crippen molar-refractivity contribution in [2.45, 2.75) is 0 Å². The van der Waals surface area contributed by atoms with E-state index in [1.165, 1.54) is 0 Å². The summed E-state index contributed by atoms with van der Waals surface area (Å²) in [5.41, 5.74) is 2.68. The first-order chi connectivity index (χ1) is 13.1. The smallest absolute Gasteiger partial charge is 0.254 e. The number of carbonyl (C=O) groups is 2. The van der Waals surface area contributed by atoms with Crippen molar-refractivity contribution in [1.29, 1.82) is 5.26 Å². The number of hydrogen-bond donors (Lipinski definition) is 1. The van der Waals surface area contributed by atoms with Crippen LogP contribution in [0.15, 0.2) is 48.5 Å². The van der Waals surface area contributed by atoms with E-state index in [4.69, 9.17) is 0 Å². The number of amides is 2. The van der Waals surface area contributed by atoms with Crippen LogP contribution in [0.25, 0.3) is 11.1 Å². The third kappa shape index (κ3) is 4.15. The van der Waals surface area contributed by atoms with Crippen molar-refractivity contribution in [2.75, 3.05) is 39.8 Å². The first-order valence-electron chi connectivity index (χ1n) is 8.94. The highest BCUT2D eigenvalue weighted by molar-refractivity contribution is 6.01. The maximum absolute atomic E-state index is 13.1. The molecule has 0 spiro atoms. The summed E-state index contributed by atoms with van der Waals surface area (Å²) in [6, 6.07) is 16.9. The monoisotopic (exact) mass is 362 g/mol. The number of piperazine rings is 1. The number of rotatable bonds is 4. The van der Waals surface area contributed by atoms with E-state index in [0.717, 1.165) is 11.1 Å². The standard InChI is InChI=1S/C21H22N4O2/c1-23-20(26)15-24-10-12-25(13-11-24)21(27)19-9-5-4-8-18(19)17-7-3-2-6-16(17)14-22/h2-9H,10-13,15H2,1H3,(H,23,26). The second-order valence-corrected chi connectivity index (χ2v) is 6.44. The lowest BCUT2D eigenvalue weighted by atomic mass is 9.95. The summed E-state index contributed by atoms with van der Waals surface area (Å²) in [6.07, 6.45) is 0. The molecule has 1 aliphatic heterocycles. The van der Waals surface area contributed by atoms with E-state index < -0.39 is 0 Å². The zero-order chi connectivity index (χ0) is 19.2. The van der Waals surface area contributed by atoms with Crippen LogP contribution >= 0.6 is 0 Å². The molecule has 2 amide bonds. The zero-order valence-corrected chi connectivity index (χ0v) is 15.3. The lowest BCUT2D eigenvalue weighted by Gasteiger charge is -2.34. The van der Waals surface area contributed by atoms with Crippen LogP contribution in [0.1, 0.15) is 15.9 Å². The van der Waals surface area contributed by atoms with Gasteiger partial charge in [-0.2, -0.15) is 5.26 Å². The summed E-state index contributed by atoms with van der Waals surface area (Å²) >= 11 is 0. The SMILES string of the molecule is CNC(=O)CN1CCN(C(=O)c2ccccc2-c2ccccc2C#N)CC1. The van der Waals surface area contributed by atoms with E-state index in [-0.39, 0.29) is 11.8 Å². The van der Waals surface area contributed by atoms with E-state index in [1.54, 1.807) is 13.1 Å². The van der Waals surface area contributed by atoms with Crippen LogP contribution in [0.5, 0.6) is 0 Å². The molecular weight excluding hydrogens is 340 g/mol. The molecule has 6 heteroatoms. The number of nitriles is 1. The Morgan fingerprint density at radius 3 is 2.30 bits per heavy atom. The molecule has 1 saturated heterocycles. The average Bonchev–Trinajstić information content (AvgIpc) is 2.73. The van der Waals surface area contributed by atoms with E-state index in [2.05, 4.69) is 11.4 Å². The highest BCUT2D eigenvalue weighted by Crippen LogP contribution is 2.28. The van der Waals surface area contributed by atoms with Gasteiger partial charge in [0.25, 0.3) is 5.91 Å². The van der Waals surface area contributed by atoms with Crippen molar-refractivity contribution < 1.29 is 9.59 Å². The van der Waals surface area contributed by atoms with Gasteiger partial charge in [0.15, 0.2) is 0 Å². The summed E-state index contributed by atoms with van der Waals surface area (Å²) in [6.45, 7) is 2.82. The molecule has 1 aliphatic rings. The van der Waals surface area contributed by atoms with Gasteiger partial charge in [0.2, 0.25) is 5.91 Å². The second kappa shape index (κ2) is 8.47. The van der Waals surface area contributed by atoms with E-state index in [9.17, 15) is 14.9 Å². The minimum absolute atomic E-state index is 0.0202. The Balaban J connectivity index is 1.79. The fraction of sp³-hybridized carbons (Fsp3) is 0.286. The summed E-state index contributed by atoms with van der Waals surface area (Å²) in [7, 11) is 1.62. The van der Waals surface area contributed by atoms with Crippen LogP contribution in [0.4, 0.5) is 0 Å². The van der Waals surface area contributed by atoms with Gasteiger partial charge in [-0.05, 0) is 17.7 Å². The topological polar surface area (TPSA) is 76.4 Å². The van der Waals surface area contributed by atoms with Gasteiger partial charge in [0.1, 0.15) is 0 Å². The molecule has 138 valence electrons. The van der Waals surface area contributed by atoms with Crippen molar-refractivity contribution >= 4 is 11.8 Å². The fourth-order valence-electron chi connectivity index (χ4n) is 3.28. The van der Waals surface area contributed by atoms with E-state index >= 15 is 0 Å². The number of nitrogens with zero attached hydrogens (tertiary/aromatic N) is 3. The molecule has 0 radical (unpaired) electrons. The largest absolute Gasteiger partial charge is 0.358 e. The normalized spacial score (nSPS) is 14.4. The van der Waals surface area contributed by atoms with E-state index in [0.29, 0.717) is 43.9 Å². The molecule has 0 unspecified atom stereocenters. The Morgan fingerprint density at radius 2 is 1.63 bits per heavy atom. The molecule has 0 saturated carbocycles. The van der Waals surface area contributed by atoms with Crippen LogP contribution in [0.2, 0.25) is 0 Å². The Kier molecular flexibility index (Phi) is 5.84. The van der Waals surface area contributed by atoms with Gasteiger partial charge in [0.05, 0.1) is 18.2 Å². The van der Waals surface area contributed by atoms with Gasteiger partial charge in [-0.1, -0.05) is 36.4 Å². The Bertz CT molecular complexity index is 880. The molecule has 0 aromatic heterocycles. The number of likely N-dealkylation sites (N-methyl/N-ethyl adjacent to an activating group) is 1. The number of benzene rings is 2. The Hall–Kier alpha value is -3.17. The molecule has 0 bridgehead atoms. The van der Waals surface area contributed by atoms with Gasteiger partial charge >= 0.3 is 0 Å². The molecule has 2 aromatic carbocycles. The number of hydrogen-bond acceptors (Lipinski definition) is 4. The minimum atomic E-state index is -0.0436. The van der Waals surface area contributed by atoms with Gasteiger partial charge in [-0.3, -0.25) is 14.5 Å². The van der Waals surface area contributed by atoms with Gasteiger partial charge in [0, 0.05) is 44.4 Å². The summed E-state index contributed by atoms with van der Waals surface area (Å²) in [4.78, 5) is 28.5. The van der Waals surface area contributed by atoms with Crippen molar-refractivity contribution in [3.8, 4) is 17.2 Å². The quantitative estimate of drug-likeness (QED) is 0.899. The van der Waals surface area contributed by atoms with Crippen molar-refractivity contribution in [3.05, 3.63) is 59.7 Å². The Labute approximate surface area is 159 Å². The highest BCUT2D eigenvalue weighted by atomic mass is 16.2. The lowest BCUT2D eigenvalue weighted by molar-refractivity contribution is -0.122. The van der Waals surface area contributed by atoms with Crippen LogP contribution in [-0.4, -0.2) is 61.4 Å². The van der Waals surface area contributed by atoms with Gasteiger partial charge in [-0.25, -0.2) is 0 Å². The van der Waals surface area contributed by atoms with Crippen molar-refractivity contribution in [3.63, 3.8) is 0 Å². The molecule has 1 N–H and O–H groups in total. The maximum atomic E-state index is 13.1. The lowest BCUT2D eigenvalue weighted by Crippen LogP contribution is -2.50.